The predicted octanol–water partition coefficient (Wildman–Crippen LogP) is 7.52. The number of benzene rings is 1. The van der Waals surface area contributed by atoms with Crippen molar-refractivity contribution in [3.63, 3.8) is 0 Å². The van der Waals surface area contributed by atoms with Gasteiger partial charge in [-0.25, -0.2) is 0 Å². The van der Waals surface area contributed by atoms with Crippen LogP contribution in [0.15, 0.2) is 36.4 Å². The van der Waals surface area contributed by atoms with Crippen LogP contribution in [0.1, 0.15) is 76.7 Å². The van der Waals surface area contributed by atoms with Crippen LogP contribution in [0.3, 0.4) is 0 Å². The number of hydrogen-bond donors (Lipinski definition) is 0. The van der Waals surface area contributed by atoms with E-state index >= 15 is 0 Å². The van der Waals surface area contributed by atoms with Crippen LogP contribution in [0.4, 0.5) is 8.78 Å². The van der Waals surface area contributed by atoms with E-state index in [2.05, 4.69) is 31.0 Å². The van der Waals surface area contributed by atoms with Crippen LogP contribution < -0.4 is 0 Å². The average molecular weight is 372 g/mol. The molecule has 0 radical (unpaired) electrons. The van der Waals surface area contributed by atoms with Gasteiger partial charge in [-0.3, -0.25) is 0 Å². The lowest BCUT2D eigenvalue weighted by atomic mass is 9.73. The molecule has 0 bridgehead atoms. The summed E-state index contributed by atoms with van der Waals surface area (Å²) in [6.45, 7) is 4.59. The molecule has 2 aromatic rings. The summed E-state index contributed by atoms with van der Waals surface area (Å²) in [5, 5.41) is 0. The summed E-state index contributed by atoms with van der Waals surface area (Å²) < 4.78 is 26.9. The van der Waals surface area contributed by atoms with Crippen molar-refractivity contribution < 1.29 is 8.78 Å². The van der Waals surface area contributed by atoms with Crippen LogP contribution in [-0.2, 0) is 0 Å². The van der Waals surface area contributed by atoms with Gasteiger partial charge in [0.05, 0.1) is 0 Å². The number of rotatable bonds is 7. The molecule has 1 saturated carbocycles. The molecule has 0 spiro atoms. The Kier molecular flexibility index (Phi) is 6.98. The lowest BCUT2D eigenvalue weighted by Gasteiger charge is -2.32. The van der Waals surface area contributed by atoms with Gasteiger partial charge in [0.15, 0.2) is 0 Å². The van der Waals surface area contributed by atoms with Crippen molar-refractivity contribution in [1.29, 1.82) is 0 Å². The highest BCUT2D eigenvalue weighted by Gasteiger charge is 2.25. The van der Waals surface area contributed by atoms with Gasteiger partial charge in [0, 0.05) is 5.56 Å². The minimum absolute atomic E-state index is 0.350. The average Bonchev–Trinajstić information content (AvgIpc) is 2.68. The predicted molar refractivity (Wildman–Crippen MR) is 108 cm³/mol. The van der Waals surface area contributed by atoms with Crippen LogP contribution in [0, 0.1) is 23.7 Å². The van der Waals surface area contributed by atoms with Crippen molar-refractivity contribution in [2.75, 3.05) is 0 Å². The molecular formula is C24H31F2N. The van der Waals surface area contributed by atoms with Gasteiger partial charge in [0.2, 0.25) is 11.9 Å². The topological polar surface area (TPSA) is 12.9 Å². The molecule has 0 amide bonds. The molecule has 1 heterocycles. The molecule has 1 aliphatic rings. The monoisotopic (exact) mass is 371 g/mol. The highest BCUT2D eigenvalue weighted by atomic mass is 19.1. The Morgan fingerprint density at radius 2 is 1.67 bits per heavy atom. The Balaban J connectivity index is 1.59. The summed E-state index contributed by atoms with van der Waals surface area (Å²) in [7, 11) is 0. The number of hydrogen-bond acceptors (Lipinski definition) is 1. The zero-order valence-corrected chi connectivity index (χ0v) is 16.6. The van der Waals surface area contributed by atoms with Crippen molar-refractivity contribution in [3.8, 4) is 11.1 Å². The summed E-state index contributed by atoms with van der Waals surface area (Å²) >= 11 is 0. The van der Waals surface area contributed by atoms with Crippen LogP contribution >= 0.6 is 0 Å². The van der Waals surface area contributed by atoms with Crippen molar-refractivity contribution in [3.05, 3.63) is 53.9 Å². The zero-order valence-electron chi connectivity index (χ0n) is 16.6. The van der Waals surface area contributed by atoms with Crippen molar-refractivity contribution in [2.24, 2.45) is 11.8 Å². The first-order valence-corrected chi connectivity index (χ1v) is 10.5. The molecular weight excluding hydrogens is 340 g/mol. The standard InChI is InChI=1S/C24H31F2N/c1-3-4-5-6-18-7-9-19(10-8-18)17(2)20-11-13-21(14-12-20)22-15-16-23(25)27-24(22)26/h11-19H,3-10H2,1-2H3. The summed E-state index contributed by atoms with van der Waals surface area (Å²) in [5.41, 5.74) is 2.41. The van der Waals surface area contributed by atoms with Gasteiger partial charge in [-0.1, -0.05) is 76.6 Å². The van der Waals surface area contributed by atoms with E-state index in [0.717, 1.165) is 17.4 Å². The molecule has 3 rings (SSSR count). The Morgan fingerprint density at radius 1 is 0.963 bits per heavy atom. The summed E-state index contributed by atoms with van der Waals surface area (Å²) in [4.78, 5) is 3.28. The largest absolute Gasteiger partial charge is 0.223 e. The number of halogens is 2. The lowest BCUT2D eigenvalue weighted by Crippen LogP contribution is -2.19. The first kappa shape index (κ1) is 20.0. The molecule has 1 nitrogen and oxygen atoms in total. The summed E-state index contributed by atoms with van der Waals surface area (Å²) in [6, 6.07) is 10.7. The third-order valence-corrected chi connectivity index (χ3v) is 6.38. The number of aromatic nitrogens is 1. The first-order chi connectivity index (χ1) is 13.1. The van der Waals surface area contributed by atoms with E-state index in [0.29, 0.717) is 11.5 Å². The second kappa shape index (κ2) is 9.43. The summed E-state index contributed by atoms with van der Waals surface area (Å²) in [5.74, 6) is 0.648. The SMILES string of the molecule is CCCCCC1CCC(C(C)c2ccc(-c3ccc(F)nc3F)cc2)CC1. The van der Waals surface area contributed by atoms with Gasteiger partial charge < -0.3 is 0 Å². The Labute approximate surface area is 162 Å². The van der Waals surface area contributed by atoms with Gasteiger partial charge >= 0.3 is 0 Å². The third-order valence-electron chi connectivity index (χ3n) is 6.38. The third kappa shape index (κ3) is 5.15. The van der Waals surface area contributed by atoms with E-state index in [4.69, 9.17) is 0 Å². The van der Waals surface area contributed by atoms with Crippen LogP contribution in [0.5, 0.6) is 0 Å². The van der Waals surface area contributed by atoms with Gasteiger partial charge in [0.1, 0.15) is 0 Å². The maximum Gasteiger partial charge on any atom is 0.223 e. The molecule has 1 fully saturated rings. The molecule has 1 unspecified atom stereocenters. The first-order valence-electron chi connectivity index (χ1n) is 10.5. The molecule has 1 aromatic carbocycles. The van der Waals surface area contributed by atoms with Crippen molar-refractivity contribution in [1.82, 2.24) is 4.98 Å². The summed E-state index contributed by atoms with van der Waals surface area (Å²) in [6.07, 6.45) is 10.8. The molecule has 0 aliphatic heterocycles. The van der Waals surface area contributed by atoms with Crippen LogP contribution in [0.25, 0.3) is 11.1 Å². The number of nitrogens with zero attached hydrogens (tertiary/aromatic N) is 1. The molecule has 1 atom stereocenters. The zero-order chi connectivity index (χ0) is 19.2. The fourth-order valence-electron chi connectivity index (χ4n) is 4.53. The van der Waals surface area contributed by atoms with Crippen molar-refractivity contribution in [2.45, 2.75) is 71.1 Å². The molecule has 1 aromatic heterocycles. The highest BCUT2D eigenvalue weighted by Crippen LogP contribution is 2.40. The Morgan fingerprint density at radius 3 is 2.30 bits per heavy atom. The van der Waals surface area contributed by atoms with Crippen molar-refractivity contribution >= 4 is 0 Å². The second-order valence-corrected chi connectivity index (χ2v) is 8.16. The second-order valence-electron chi connectivity index (χ2n) is 8.16. The maximum absolute atomic E-state index is 13.9. The molecule has 3 heteroatoms. The van der Waals surface area contributed by atoms with E-state index in [1.807, 2.05) is 12.1 Å². The van der Waals surface area contributed by atoms with Gasteiger partial charge in [-0.2, -0.15) is 13.8 Å². The molecule has 1 aliphatic carbocycles. The molecule has 0 saturated heterocycles. The quantitative estimate of drug-likeness (QED) is 0.362. The van der Waals surface area contributed by atoms with E-state index in [1.54, 1.807) is 0 Å². The Hall–Kier alpha value is -1.77. The van der Waals surface area contributed by atoms with E-state index in [-0.39, 0.29) is 0 Å². The van der Waals surface area contributed by atoms with Crippen LogP contribution in [-0.4, -0.2) is 4.98 Å². The molecule has 146 valence electrons. The van der Waals surface area contributed by atoms with E-state index in [9.17, 15) is 8.78 Å². The van der Waals surface area contributed by atoms with Gasteiger partial charge in [-0.15, -0.1) is 0 Å². The van der Waals surface area contributed by atoms with Crippen LogP contribution in [0.2, 0.25) is 0 Å². The normalized spacial score (nSPS) is 21.2. The van der Waals surface area contributed by atoms with Gasteiger partial charge in [-0.05, 0) is 53.9 Å². The minimum atomic E-state index is -0.785. The number of unbranched alkanes of at least 4 members (excludes halogenated alkanes) is 2. The lowest BCUT2D eigenvalue weighted by molar-refractivity contribution is 0.236. The molecule has 27 heavy (non-hydrogen) atoms. The number of pyridine rings is 1. The molecule has 0 N–H and O–H groups in total. The fourth-order valence-corrected chi connectivity index (χ4v) is 4.53. The van der Waals surface area contributed by atoms with E-state index in [1.165, 1.54) is 69.1 Å². The minimum Gasteiger partial charge on any atom is -0.190 e. The highest BCUT2D eigenvalue weighted by molar-refractivity contribution is 5.63. The van der Waals surface area contributed by atoms with E-state index < -0.39 is 11.9 Å². The van der Waals surface area contributed by atoms with Gasteiger partial charge in [0.25, 0.3) is 0 Å². The maximum atomic E-state index is 13.9. The smallest absolute Gasteiger partial charge is 0.190 e. The Bertz CT molecular complexity index is 718. The fraction of sp³-hybridized carbons (Fsp3) is 0.542.